The summed E-state index contributed by atoms with van der Waals surface area (Å²) in [6.45, 7) is 5.98. The van der Waals surface area contributed by atoms with E-state index in [1.807, 2.05) is 38.2 Å². The number of allylic oxidation sites excluding steroid dienone is 2. The van der Waals surface area contributed by atoms with Gasteiger partial charge < -0.3 is 68.5 Å². The third-order valence-electron chi connectivity index (χ3n) is 16.3. The second-order valence-electron chi connectivity index (χ2n) is 21.5. The fraction of sp³-hybridized carbons (Fsp3) is 0.846. The molecule has 0 aliphatic carbocycles. The van der Waals surface area contributed by atoms with Crippen LogP contribution in [-0.2, 0) is 47.5 Å². The molecule has 0 aromatic rings. The van der Waals surface area contributed by atoms with E-state index >= 15 is 0 Å². The van der Waals surface area contributed by atoms with Crippen molar-refractivity contribution >= 4 is 23.4 Å². The number of aliphatic hydroxyl groups is 5. The molecule has 0 saturated carbocycles. The van der Waals surface area contributed by atoms with E-state index in [1.165, 1.54) is 7.11 Å². The summed E-state index contributed by atoms with van der Waals surface area (Å²) in [5.41, 5.74) is 0. The summed E-state index contributed by atoms with van der Waals surface area (Å²) in [6, 6.07) is 0. The van der Waals surface area contributed by atoms with Crippen molar-refractivity contribution in [3.05, 3.63) is 36.5 Å². The third-order valence-corrected chi connectivity index (χ3v) is 16.9. The smallest absolute Gasteiger partial charge is 0.332 e. The van der Waals surface area contributed by atoms with Crippen molar-refractivity contribution in [2.24, 2.45) is 23.7 Å². The lowest BCUT2D eigenvalue weighted by Gasteiger charge is -2.54. The summed E-state index contributed by atoms with van der Waals surface area (Å²) >= 11 is 7.16. The SMILES string of the molecule is CO[C@H]1CC[C@]23C=C[C@H](C)[C@H](C[C@@H](O)C[C@H](O)C[C@@H]4CCC[C@H](CC(=O)[C@H]5C[C@@]6(O[C@H]5C/C=C/C/C=C\CC(O)C(=O)O)O[C@]5(CC[C@@H]6C)C[C@@H](OC)[C@H](Cl)[C@@H](CC[C@H](C)[C@H](O)C[C@@]1(O)O2)O5)O4)O3. The molecule has 0 aromatic heterocycles. The molecule has 3 spiro atoms. The molecule has 7 aliphatic heterocycles. The Kier molecular flexibility index (Phi) is 18.7. The number of rotatable bonds is 9. The van der Waals surface area contributed by atoms with Crippen molar-refractivity contribution in [1.29, 1.82) is 0 Å². The third kappa shape index (κ3) is 13.3. The summed E-state index contributed by atoms with van der Waals surface area (Å²) < 4.78 is 52.6. The first kappa shape index (κ1) is 54.9. The average Bonchev–Trinajstić information content (AvgIpc) is 3.66. The van der Waals surface area contributed by atoms with Crippen LogP contribution in [0.1, 0.15) is 143 Å². The number of fused-ring (bicyclic) bond motifs is 6. The van der Waals surface area contributed by atoms with Crippen LogP contribution in [0.15, 0.2) is 36.5 Å². The number of aliphatic hydroxyl groups excluding tert-OH is 4. The molecule has 6 fully saturated rings. The molecule has 7 aliphatic rings. The van der Waals surface area contributed by atoms with Crippen molar-refractivity contribution in [3.63, 3.8) is 0 Å². The van der Waals surface area contributed by atoms with E-state index in [9.17, 15) is 35.1 Å². The van der Waals surface area contributed by atoms with Gasteiger partial charge in [0.1, 0.15) is 11.9 Å². The maximum Gasteiger partial charge on any atom is 0.332 e. The van der Waals surface area contributed by atoms with Crippen LogP contribution in [0, 0.1) is 23.7 Å². The molecule has 7 rings (SSSR count). The Labute approximate surface area is 413 Å². The molecule has 1 unspecified atom stereocenters. The van der Waals surface area contributed by atoms with Crippen molar-refractivity contribution in [1.82, 2.24) is 0 Å². The number of hydrogen-bond donors (Lipinski definition) is 6. The van der Waals surface area contributed by atoms with Crippen molar-refractivity contribution < 1.29 is 78.1 Å². The topological polar surface area (TPSA) is 229 Å². The number of carboxylic acids is 1. The number of ether oxygens (including phenoxy) is 8. The number of carboxylic acid groups (broad SMARTS) is 1. The van der Waals surface area contributed by atoms with Crippen molar-refractivity contribution in [2.75, 3.05) is 14.2 Å². The predicted octanol–water partition coefficient (Wildman–Crippen LogP) is 6.14. The van der Waals surface area contributed by atoms with Crippen molar-refractivity contribution in [3.8, 4) is 0 Å². The van der Waals surface area contributed by atoms with Crippen LogP contribution in [0.2, 0.25) is 0 Å². The van der Waals surface area contributed by atoms with Gasteiger partial charge in [-0.25, -0.2) is 4.79 Å². The second-order valence-corrected chi connectivity index (χ2v) is 22.0. The number of ketones is 1. The van der Waals surface area contributed by atoms with Gasteiger partial charge in [-0.3, -0.25) is 4.79 Å². The van der Waals surface area contributed by atoms with Gasteiger partial charge in [-0.1, -0.05) is 51.2 Å². The van der Waals surface area contributed by atoms with Gasteiger partial charge in [-0.2, -0.15) is 0 Å². The van der Waals surface area contributed by atoms with E-state index in [0.717, 1.165) is 12.8 Å². The first-order chi connectivity index (χ1) is 32.8. The Hall–Kier alpha value is -1.87. The largest absolute Gasteiger partial charge is 0.479 e. The first-order valence-corrected chi connectivity index (χ1v) is 26.2. The summed E-state index contributed by atoms with van der Waals surface area (Å²) in [6.07, 6.45) is 10.8. The van der Waals surface area contributed by atoms with Crippen LogP contribution in [0.5, 0.6) is 0 Å². The summed E-state index contributed by atoms with van der Waals surface area (Å²) in [7, 11) is 3.13. The van der Waals surface area contributed by atoms with Gasteiger partial charge in [0.25, 0.3) is 0 Å². The molecule has 0 radical (unpaired) electrons. The molecule has 69 heavy (non-hydrogen) atoms. The van der Waals surface area contributed by atoms with E-state index in [2.05, 4.69) is 6.92 Å². The molecule has 7 heterocycles. The van der Waals surface area contributed by atoms with Gasteiger partial charge in [0.2, 0.25) is 0 Å². The molecular formula is C52H81ClO16. The van der Waals surface area contributed by atoms with E-state index in [0.29, 0.717) is 77.0 Å². The Bertz CT molecular complexity index is 1800. The Morgan fingerprint density at radius 1 is 0.855 bits per heavy atom. The monoisotopic (exact) mass is 997 g/mol. The zero-order chi connectivity index (χ0) is 49.7. The molecule has 20 atom stereocenters. The lowest BCUT2D eigenvalue weighted by atomic mass is 9.80. The van der Waals surface area contributed by atoms with Gasteiger partial charge in [0.05, 0.1) is 60.3 Å². The first-order valence-electron chi connectivity index (χ1n) is 25.8. The second kappa shape index (κ2) is 23.6. The average molecular weight is 998 g/mol. The van der Waals surface area contributed by atoms with E-state index < -0.39 is 95.3 Å². The minimum absolute atomic E-state index is 0.00293. The highest BCUT2D eigenvalue weighted by Gasteiger charge is 2.62. The lowest BCUT2D eigenvalue weighted by Crippen LogP contribution is -2.61. The molecule has 0 aromatic carbocycles. The van der Waals surface area contributed by atoms with Gasteiger partial charge >= 0.3 is 5.97 Å². The molecule has 9 bridgehead atoms. The minimum atomic E-state index is -1.91. The van der Waals surface area contributed by atoms with Crippen LogP contribution in [0.25, 0.3) is 0 Å². The quantitative estimate of drug-likeness (QED) is 0.113. The molecular weight excluding hydrogens is 916 g/mol. The van der Waals surface area contributed by atoms with Crippen LogP contribution >= 0.6 is 11.6 Å². The number of hydrogen-bond acceptors (Lipinski definition) is 15. The number of halogens is 1. The van der Waals surface area contributed by atoms with E-state index in [4.69, 9.17) is 54.6 Å². The number of carbonyl (C=O) groups excluding carboxylic acids is 1. The van der Waals surface area contributed by atoms with E-state index in [-0.39, 0.29) is 67.8 Å². The molecule has 17 heteroatoms. The molecule has 0 amide bonds. The normalized spacial score (nSPS) is 46.7. The number of alkyl halides is 1. The van der Waals surface area contributed by atoms with Crippen LogP contribution < -0.4 is 0 Å². The van der Waals surface area contributed by atoms with Gasteiger partial charge in [-0.05, 0) is 82.6 Å². The maximum atomic E-state index is 14.6. The number of methoxy groups -OCH3 is 2. The zero-order valence-electron chi connectivity index (χ0n) is 41.3. The number of aliphatic carboxylic acids is 1. The molecule has 392 valence electrons. The molecule has 16 nitrogen and oxygen atoms in total. The molecule has 6 saturated heterocycles. The van der Waals surface area contributed by atoms with Gasteiger partial charge in [-0.15, -0.1) is 11.6 Å². The highest BCUT2D eigenvalue weighted by atomic mass is 35.5. The summed E-state index contributed by atoms with van der Waals surface area (Å²) in [5.74, 6) is -7.86. The van der Waals surface area contributed by atoms with Crippen molar-refractivity contribution in [2.45, 2.75) is 238 Å². The highest BCUT2D eigenvalue weighted by Crippen LogP contribution is 2.54. The van der Waals surface area contributed by atoms with Crippen LogP contribution in [0.3, 0.4) is 0 Å². The molecule has 6 N–H and O–H groups in total. The Morgan fingerprint density at radius 3 is 2.36 bits per heavy atom. The summed E-state index contributed by atoms with van der Waals surface area (Å²) in [5, 5.41) is 64.8. The highest BCUT2D eigenvalue weighted by molar-refractivity contribution is 6.21. The Balaban J connectivity index is 1.15. The minimum Gasteiger partial charge on any atom is -0.479 e. The van der Waals surface area contributed by atoms with Gasteiger partial charge in [0.15, 0.2) is 29.3 Å². The van der Waals surface area contributed by atoms with Crippen LogP contribution in [0.4, 0.5) is 0 Å². The standard InChI is InChI=1S/C52H81ClO16/c1-31-16-17-43-47(53)45(62-4)30-50(65-43)22-19-33(3)52(69-50)28-38(42(67-52)15-10-8-6-7-9-14-39(56)48(59)60)40(57)27-37-13-11-12-36(64-37)25-34(54)24-35(55)26-44-32(2)18-21-49(66-44)23-20-46(63-5)51(61,68-49)29-41(31)58/h7-10,18,21,31-39,41-47,54-56,58,61H,6,11-17,19-20,22-30H2,1-5H3,(H,59,60)/b9-7-,10-8+/t31-,32-,33-,34-,35-,36-,37+,38+,39?,41+,42-,43+,44-,45+,46-,47+,49-,50+,51+,52+/m0/s1. The fourth-order valence-corrected chi connectivity index (χ4v) is 12.4. The Morgan fingerprint density at radius 2 is 1.61 bits per heavy atom. The summed E-state index contributed by atoms with van der Waals surface area (Å²) in [4.78, 5) is 25.7. The van der Waals surface area contributed by atoms with Crippen LogP contribution in [-0.4, -0.2) is 152 Å². The number of Topliss-reactive ketones (excluding diaryl/α,β-unsaturated/α-hetero) is 1. The van der Waals surface area contributed by atoms with Gasteiger partial charge in [0, 0.05) is 83.3 Å². The number of carbonyl (C=O) groups is 2. The maximum absolute atomic E-state index is 14.6. The zero-order valence-corrected chi connectivity index (χ0v) is 42.0. The lowest BCUT2D eigenvalue weighted by molar-refractivity contribution is -0.413. The fourth-order valence-electron chi connectivity index (χ4n) is 12.0. The van der Waals surface area contributed by atoms with E-state index in [1.54, 1.807) is 19.3 Å². The predicted molar refractivity (Wildman–Crippen MR) is 253 cm³/mol.